The van der Waals surface area contributed by atoms with Crippen LogP contribution in [0.4, 0.5) is 5.69 Å². The Hall–Kier alpha value is -2.53. The Labute approximate surface area is 176 Å². The lowest BCUT2D eigenvalue weighted by Crippen LogP contribution is -2.36. The molecular formula is C23H27ClN2O3. The molecule has 0 heterocycles. The minimum Gasteiger partial charge on any atom is -0.483 e. The van der Waals surface area contributed by atoms with Gasteiger partial charge >= 0.3 is 0 Å². The van der Waals surface area contributed by atoms with Crippen molar-refractivity contribution in [3.63, 3.8) is 0 Å². The van der Waals surface area contributed by atoms with E-state index in [1.54, 1.807) is 18.2 Å². The van der Waals surface area contributed by atoms with Gasteiger partial charge < -0.3 is 15.4 Å². The first kappa shape index (κ1) is 21.2. The van der Waals surface area contributed by atoms with Crippen molar-refractivity contribution in [1.29, 1.82) is 0 Å². The molecule has 0 unspecified atom stereocenters. The molecule has 1 aliphatic rings. The Balaban J connectivity index is 1.61. The van der Waals surface area contributed by atoms with Crippen molar-refractivity contribution in [3.8, 4) is 5.75 Å². The van der Waals surface area contributed by atoms with E-state index in [0.717, 1.165) is 36.8 Å². The fraction of sp³-hybridized carbons (Fsp3) is 0.391. The number of carbonyl (C=O) groups is 2. The van der Waals surface area contributed by atoms with Gasteiger partial charge in [0.15, 0.2) is 6.61 Å². The Morgan fingerprint density at radius 3 is 2.45 bits per heavy atom. The molecule has 0 spiro atoms. The molecule has 0 bridgehead atoms. The summed E-state index contributed by atoms with van der Waals surface area (Å²) in [7, 11) is 0. The molecule has 2 aromatic rings. The van der Waals surface area contributed by atoms with Crippen LogP contribution in [0.2, 0.25) is 5.02 Å². The number of rotatable bonds is 6. The Morgan fingerprint density at radius 1 is 1.07 bits per heavy atom. The van der Waals surface area contributed by atoms with Crippen LogP contribution in [-0.2, 0) is 4.79 Å². The highest BCUT2D eigenvalue weighted by Crippen LogP contribution is 2.25. The third-order valence-corrected chi connectivity index (χ3v) is 5.53. The third kappa shape index (κ3) is 5.73. The van der Waals surface area contributed by atoms with Crippen LogP contribution >= 0.6 is 11.6 Å². The molecule has 5 nitrogen and oxygen atoms in total. The highest BCUT2D eigenvalue weighted by Gasteiger charge is 2.18. The summed E-state index contributed by atoms with van der Waals surface area (Å²) in [6.07, 6.45) is 5.55. The summed E-state index contributed by atoms with van der Waals surface area (Å²) in [6, 6.07) is 10.9. The molecule has 3 rings (SSSR count). The largest absolute Gasteiger partial charge is 0.483 e. The van der Waals surface area contributed by atoms with Gasteiger partial charge in [-0.2, -0.15) is 0 Å². The molecule has 1 saturated carbocycles. The second-order valence-electron chi connectivity index (χ2n) is 7.56. The summed E-state index contributed by atoms with van der Waals surface area (Å²) in [5.41, 5.74) is 2.82. The minimum absolute atomic E-state index is 0.138. The number of aryl methyl sites for hydroxylation is 2. The van der Waals surface area contributed by atoms with Crippen molar-refractivity contribution in [2.45, 2.75) is 52.0 Å². The number of halogens is 1. The molecule has 154 valence electrons. The number of para-hydroxylation sites is 1. The van der Waals surface area contributed by atoms with Gasteiger partial charge in [0.2, 0.25) is 0 Å². The maximum atomic E-state index is 12.6. The Morgan fingerprint density at radius 2 is 1.76 bits per heavy atom. The van der Waals surface area contributed by atoms with Crippen LogP contribution in [-0.4, -0.2) is 24.5 Å². The smallest absolute Gasteiger partial charge is 0.262 e. The highest BCUT2D eigenvalue weighted by atomic mass is 35.5. The maximum absolute atomic E-state index is 12.6. The number of carbonyl (C=O) groups excluding carboxylic acids is 2. The van der Waals surface area contributed by atoms with Gasteiger partial charge in [-0.15, -0.1) is 0 Å². The maximum Gasteiger partial charge on any atom is 0.262 e. The number of hydrogen-bond donors (Lipinski definition) is 2. The predicted octanol–water partition coefficient (Wildman–Crippen LogP) is 5.04. The van der Waals surface area contributed by atoms with Gasteiger partial charge in [-0.25, -0.2) is 0 Å². The van der Waals surface area contributed by atoms with Crippen molar-refractivity contribution in [1.82, 2.24) is 5.32 Å². The molecule has 0 aromatic heterocycles. The van der Waals surface area contributed by atoms with Crippen LogP contribution in [0.5, 0.6) is 5.75 Å². The first-order valence-corrected chi connectivity index (χ1v) is 10.4. The molecule has 0 saturated heterocycles. The number of amides is 2. The molecule has 1 fully saturated rings. The SMILES string of the molecule is Cc1cccc(C)c1OCC(=O)Nc1cc(C(=O)NC2CCCCC2)ccc1Cl. The summed E-state index contributed by atoms with van der Waals surface area (Å²) < 4.78 is 5.69. The van der Waals surface area contributed by atoms with Crippen molar-refractivity contribution >= 4 is 29.1 Å². The lowest BCUT2D eigenvalue weighted by molar-refractivity contribution is -0.118. The van der Waals surface area contributed by atoms with Gasteiger partial charge in [-0.05, 0) is 56.0 Å². The molecule has 6 heteroatoms. The number of ether oxygens (including phenoxy) is 1. The van der Waals surface area contributed by atoms with Crippen LogP contribution in [0, 0.1) is 13.8 Å². The van der Waals surface area contributed by atoms with Crippen molar-refractivity contribution < 1.29 is 14.3 Å². The lowest BCUT2D eigenvalue weighted by Gasteiger charge is -2.23. The number of benzene rings is 2. The summed E-state index contributed by atoms with van der Waals surface area (Å²) in [5, 5.41) is 6.19. The average molecular weight is 415 g/mol. The third-order valence-electron chi connectivity index (χ3n) is 5.20. The van der Waals surface area contributed by atoms with E-state index >= 15 is 0 Å². The standard InChI is InChI=1S/C23H27ClN2O3/c1-15-7-6-8-16(2)22(15)29-14-21(27)26-20-13-17(11-12-19(20)24)23(28)25-18-9-4-3-5-10-18/h6-8,11-13,18H,3-5,9-10,14H2,1-2H3,(H,25,28)(H,26,27). The molecule has 29 heavy (non-hydrogen) atoms. The zero-order valence-corrected chi connectivity index (χ0v) is 17.6. The van der Waals surface area contributed by atoms with Crippen molar-refractivity contribution in [2.24, 2.45) is 0 Å². The Kier molecular flexibility index (Phi) is 7.15. The monoisotopic (exact) mass is 414 g/mol. The van der Waals surface area contributed by atoms with Crippen LogP contribution in [0.25, 0.3) is 0 Å². The molecule has 2 aromatic carbocycles. The molecule has 0 aliphatic heterocycles. The van der Waals surface area contributed by atoms with Crippen LogP contribution in [0.1, 0.15) is 53.6 Å². The molecule has 0 radical (unpaired) electrons. The van der Waals surface area contributed by atoms with Crippen LogP contribution < -0.4 is 15.4 Å². The van der Waals surface area contributed by atoms with E-state index in [1.165, 1.54) is 6.42 Å². The van der Waals surface area contributed by atoms with Gasteiger partial charge in [-0.1, -0.05) is 49.1 Å². The van der Waals surface area contributed by atoms with Gasteiger partial charge in [0.05, 0.1) is 10.7 Å². The second-order valence-corrected chi connectivity index (χ2v) is 7.97. The summed E-state index contributed by atoms with van der Waals surface area (Å²) in [5.74, 6) is 0.226. The molecule has 2 amide bonds. The minimum atomic E-state index is -0.334. The summed E-state index contributed by atoms with van der Waals surface area (Å²) >= 11 is 6.22. The number of hydrogen-bond acceptors (Lipinski definition) is 3. The Bertz CT molecular complexity index is 871. The van der Waals surface area contributed by atoms with Gasteiger partial charge in [0, 0.05) is 11.6 Å². The van der Waals surface area contributed by atoms with Crippen LogP contribution in [0.15, 0.2) is 36.4 Å². The number of nitrogens with one attached hydrogen (secondary N) is 2. The van der Waals surface area contributed by atoms with Crippen molar-refractivity contribution in [3.05, 3.63) is 58.1 Å². The quantitative estimate of drug-likeness (QED) is 0.696. The van der Waals surface area contributed by atoms with Crippen molar-refractivity contribution in [2.75, 3.05) is 11.9 Å². The average Bonchev–Trinajstić information content (AvgIpc) is 2.70. The van der Waals surface area contributed by atoms with E-state index in [2.05, 4.69) is 10.6 Å². The van der Waals surface area contributed by atoms with E-state index in [0.29, 0.717) is 22.0 Å². The summed E-state index contributed by atoms with van der Waals surface area (Å²) in [4.78, 5) is 24.9. The molecule has 2 N–H and O–H groups in total. The van der Waals surface area contributed by atoms with Crippen LogP contribution in [0.3, 0.4) is 0 Å². The normalized spacial score (nSPS) is 14.3. The fourth-order valence-electron chi connectivity index (χ4n) is 3.63. The zero-order chi connectivity index (χ0) is 20.8. The van der Waals surface area contributed by atoms with Gasteiger partial charge in [0.25, 0.3) is 11.8 Å². The fourth-order valence-corrected chi connectivity index (χ4v) is 3.79. The highest BCUT2D eigenvalue weighted by molar-refractivity contribution is 6.33. The first-order chi connectivity index (χ1) is 13.9. The van der Waals surface area contributed by atoms with E-state index in [1.807, 2.05) is 32.0 Å². The van der Waals surface area contributed by atoms with E-state index in [9.17, 15) is 9.59 Å². The molecular weight excluding hydrogens is 388 g/mol. The van der Waals surface area contributed by atoms with E-state index < -0.39 is 0 Å². The number of anilines is 1. The topological polar surface area (TPSA) is 67.4 Å². The van der Waals surface area contributed by atoms with E-state index in [-0.39, 0.29) is 24.5 Å². The molecule has 1 aliphatic carbocycles. The summed E-state index contributed by atoms with van der Waals surface area (Å²) in [6.45, 7) is 3.73. The second kappa shape index (κ2) is 9.79. The zero-order valence-electron chi connectivity index (χ0n) is 16.9. The predicted molar refractivity (Wildman–Crippen MR) is 116 cm³/mol. The van der Waals surface area contributed by atoms with Gasteiger partial charge in [0.1, 0.15) is 5.75 Å². The van der Waals surface area contributed by atoms with Gasteiger partial charge in [-0.3, -0.25) is 9.59 Å². The van der Waals surface area contributed by atoms with E-state index in [4.69, 9.17) is 16.3 Å². The molecule has 0 atom stereocenters. The first-order valence-electron chi connectivity index (χ1n) is 10.0. The lowest BCUT2D eigenvalue weighted by atomic mass is 9.95.